The van der Waals surface area contributed by atoms with E-state index in [1.165, 1.54) is 6.26 Å². The molecular weight excluding hydrogens is 310 g/mol. The van der Waals surface area contributed by atoms with Crippen LogP contribution in [0.25, 0.3) is 22.4 Å². The lowest BCUT2D eigenvalue weighted by atomic mass is 10.00. The molecule has 0 fully saturated rings. The largest absolute Gasteiger partial charge is 0.272 e. The maximum Gasteiger partial charge on any atom is 0.175 e. The van der Waals surface area contributed by atoms with Gasteiger partial charge in [-0.05, 0) is 36.8 Å². The lowest BCUT2D eigenvalue weighted by Gasteiger charge is -2.06. The molecule has 3 rings (SSSR count). The fourth-order valence-electron chi connectivity index (χ4n) is 2.53. The van der Waals surface area contributed by atoms with Crippen molar-refractivity contribution in [2.24, 2.45) is 7.05 Å². The third-order valence-corrected chi connectivity index (χ3v) is 4.99. The average Bonchev–Trinajstić information content (AvgIpc) is 2.83. The first-order valence-corrected chi connectivity index (χ1v) is 9.01. The van der Waals surface area contributed by atoms with Gasteiger partial charge in [0.15, 0.2) is 9.84 Å². The second-order valence-electron chi connectivity index (χ2n) is 5.47. The predicted octanol–water partition coefficient (Wildman–Crippen LogP) is 2.86. The molecule has 0 saturated carbocycles. The first-order chi connectivity index (χ1) is 10.9. The van der Waals surface area contributed by atoms with E-state index in [0.29, 0.717) is 4.90 Å². The van der Waals surface area contributed by atoms with E-state index >= 15 is 0 Å². The van der Waals surface area contributed by atoms with Gasteiger partial charge in [-0.1, -0.05) is 12.1 Å². The number of aromatic nitrogens is 3. The number of rotatable bonds is 3. The van der Waals surface area contributed by atoms with Crippen molar-refractivity contribution < 1.29 is 8.42 Å². The van der Waals surface area contributed by atoms with Crippen LogP contribution in [0.5, 0.6) is 0 Å². The number of benzene rings is 1. The second kappa shape index (κ2) is 5.62. The highest BCUT2D eigenvalue weighted by molar-refractivity contribution is 7.90. The Labute approximate surface area is 135 Å². The molecule has 118 valence electrons. The molecule has 0 saturated heterocycles. The van der Waals surface area contributed by atoms with Crippen LogP contribution < -0.4 is 0 Å². The quantitative estimate of drug-likeness (QED) is 0.742. The van der Waals surface area contributed by atoms with E-state index in [9.17, 15) is 8.42 Å². The minimum atomic E-state index is -3.20. The summed E-state index contributed by atoms with van der Waals surface area (Å²) in [5.74, 6) is 0. The van der Waals surface area contributed by atoms with Crippen molar-refractivity contribution in [2.75, 3.05) is 6.26 Å². The molecule has 0 unspecified atom stereocenters. The van der Waals surface area contributed by atoms with E-state index in [0.717, 1.165) is 28.1 Å². The van der Waals surface area contributed by atoms with Gasteiger partial charge in [0.25, 0.3) is 0 Å². The van der Waals surface area contributed by atoms with Crippen LogP contribution in [0.4, 0.5) is 0 Å². The predicted molar refractivity (Wildman–Crippen MR) is 89.7 cm³/mol. The zero-order valence-electron chi connectivity index (χ0n) is 13.2. The molecule has 3 aromatic rings. The number of hydrogen-bond acceptors (Lipinski definition) is 4. The second-order valence-corrected chi connectivity index (χ2v) is 7.48. The van der Waals surface area contributed by atoms with Crippen molar-refractivity contribution >= 4 is 9.84 Å². The van der Waals surface area contributed by atoms with E-state index in [4.69, 9.17) is 0 Å². The van der Waals surface area contributed by atoms with E-state index in [2.05, 4.69) is 10.1 Å². The highest BCUT2D eigenvalue weighted by atomic mass is 32.2. The summed E-state index contributed by atoms with van der Waals surface area (Å²) < 4.78 is 25.1. The van der Waals surface area contributed by atoms with Crippen LogP contribution in [0.3, 0.4) is 0 Å². The van der Waals surface area contributed by atoms with Gasteiger partial charge in [-0.3, -0.25) is 9.67 Å². The number of hydrogen-bond donors (Lipinski definition) is 0. The highest BCUT2D eigenvalue weighted by Crippen LogP contribution is 2.34. The number of pyridine rings is 1. The third kappa shape index (κ3) is 2.90. The molecule has 23 heavy (non-hydrogen) atoms. The van der Waals surface area contributed by atoms with Gasteiger partial charge in [-0.15, -0.1) is 0 Å². The van der Waals surface area contributed by atoms with Gasteiger partial charge in [0.1, 0.15) is 5.69 Å². The van der Waals surface area contributed by atoms with Gasteiger partial charge in [0, 0.05) is 42.5 Å². The minimum Gasteiger partial charge on any atom is -0.272 e. The maximum atomic E-state index is 11.6. The number of nitrogens with zero attached hydrogens (tertiary/aromatic N) is 3. The first-order valence-electron chi connectivity index (χ1n) is 7.12. The van der Waals surface area contributed by atoms with Gasteiger partial charge in [0.05, 0.1) is 4.90 Å². The van der Waals surface area contributed by atoms with E-state index in [-0.39, 0.29) is 0 Å². The summed E-state index contributed by atoms with van der Waals surface area (Å²) >= 11 is 0. The summed E-state index contributed by atoms with van der Waals surface area (Å²) in [6.07, 6.45) is 4.67. The molecule has 0 aliphatic rings. The topological polar surface area (TPSA) is 64.8 Å². The van der Waals surface area contributed by atoms with Gasteiger partial charge < -0.3 is 0 Å². The monoisotopic (exact) mass is 327 g/mol. The van der Waals surface area contributed by atoms with Gasteiger partial charge in [-0.2, -0.15) is 5.10 Å². The summed E-state index contributed by atoms with van der Waals surface area (Å²) in [6, 6.07) is 10.7. The van der Waals surface area contributed by atoms with Gasteiger partial charge in [0.2, 0.25) is 0 Å². The Morgan fingerprint density at radius 3 is 2.13 bits per heavy atom. The van der Waals surface area contributed by atoms with E-state index in [1.54, 1.807) is 24.5 Å². The molecule has 0 amide bonds. The zero-order valence-corrected chi connectivity index (χ0v) is 14.0. The molecule has 6 heteroatoms. The van der Waals surface area contributed by atoms with Crippen molar-refractivity contribution in [3.8, 4) is 22.4 Å². The summed E-state index contributed by atoms with van der Waals surface area (Å²) in [4.78, 5) is 4.35. The Hall–Kier alpha value is -2.47. The smallest absolute Gasteiger partial charge is 0.175 e. The van der Waals surface area contributed by atoms with Crippen molar-refractivity contribution in [1.82, 2.24) is 14.8 Å². The molecule has 5 nitrogen and oxygen atoms in total. The average molecular weight is 327 g/mol. The fourth-order valence-corrected chi connectivity index (χ4v) is 3.16. The summed E-state index contributed by atoms with van der Waals surface area (Å²) in [5.41, 5.74) is 4.79. The summed E-state index contributed by atoms with van der Waals surface area (Å²) in [5, 5.41) is 4.60. The third-order valence-electron chi connectivity index (χ3n) is 3.86. The molecular formula is C17H17N3O2S. The normalized spacial score (nSPS) is 11.6. The SMILES string of the molecule is Cc1c(-c2ccc(S(C)(=O)=O)cc2)c(-c2ccncc2)nn1C. The molecule has 0 bridgehead atoms. The molecule has 0 N–H and O–H groups in total. The van der Waals surface area contributed by atoms with Crippen molar-refractivity contribution in [1.29, 1.82) is 0 Å². The van der Waals surface area contributed by atoms with Gasteiger partial charge >= 0.3 is 0 Å². The maximum absolute atomic E-state index is 11.6. The van der Waals surface area contributed by atoms with Crippen molar-refractivity contribution in [3.05, 3.63) is 54.5 Å². The van der Waals surface area contributed by atoms with E-state index in [1.807, 2.05) is 42.9 Å². The van der Waals surface area contributed by atoms with Gasteiger partial charge in [-0.25, -0.2) is 8.42 Å². The standard InChI is InChI=1S/C17H17N3O2S/c1-12-16(13-4-6-15(7-5-13)23(3,21)22)17(19-20(12)2)14-8-10-18-11-9-14/h4-11H,1-3H3. The summed E-state index contributed by atoms with van der Waals surface area (Å²) in [6.45, 7) is 2.00. The fraction of sp³-hybridized carbons (Fsp3) is 0.176. The van der Waals surface area contributed by atoms with Crippen molar-refractivity contribution in [3.63, 3.8) is 0 Å². The Balaban J connectivity index is 2.17. The molecule has 0 atom stereocenters. The van der Waals surface area contributed by atoms with Crippen LogP contribution in [0.15, 0.2) is 53.7 Å². The lowest BCUT2D eigenvalue weighted by Crippen LogP contribution is -1.96. The molecule has 0 radical (unpaired) electrons. The highest BCUT2D eigenvalue weighted by Gasteiger charge is 2.17. The van der Waals surface area contributed by atoms with Crippen LogP contribution in [0.1, 0.15) is 5.69 Å². The summed E-state index contributed by atoms with van der Waals surface area (Å²) in [7, 11) is -1.30. The first kappa shape index (κ1) is 15.4. The van der Waals surface area contributed by atoms with Crippen LogP contribution in [-0.2, 0) is 16.9 Å². The molecule has 0 aliphatic heterocycles. The molecule has 0 aliphatic carbocycles. The number of sulfone groups is 1. The Kier molecular flexibility index (Phi) is 3.77. The van der Waals surface area contributed by atoms with Crippen LogP contribution >= 0.6 is 0 Å². The van der Waals surface area contributed by atoms with E-state index < -0.39 is 9.84 Å². The molecule has 0 spiro atoms. The number of aryl methyl sites for hydroxylation is 1. The Morgan fingerprint density at radius 1 is 0.957 bits per heavy atom. The Bertz CT molecular complexity index is 944. The van der Waals surface area contributed by atoms with Crippen LogP contribution in [0, 0.1) is 6.92 Å². The van der Waals surface area contributed by atoms with Crippen LogP contribution in [0.2, 0.25) is 0 Å². The van der Waals surface area contributed by atoms with Crippen molar-refractivity contribution in [2.45, 2.75) is 11.8 Å². The zero-order chi connectivity index (χ0) is 16.6. The van der Waals surface area contributed by atoms with Crippen LogP contribution in [-0.4, -0.2) is 29.4 Å². The minimum absolute atomic E-state index is 0.313. The Morgan fingerprint density at radius 2 is 1.57 bits per heavy atom. The molecule has 2 aromatic heterocycles. The molecule has 1 aromatic carbocycles. The lowest BCUT2D eigenvalue weighted by molar-refractivity contribution is 0.602. The molecule has 2 heterocycles.